The number of aromatic nitrogens is 1. The molecule has 0 aliphatic carbocycles. The lowest BCUT2D eigenvalue weighted by atomic mass is 10.1. The van der Waals surface area contributed by atoms with Crippen molar-refractivity contribution in [3.8, 4) is 5.75 Å². The van der Waals surface area contributed by atoms with Crippen molar-refractivity contribution in [2.45, 2.75) is 32.9 Å². The van der Waals surface area contributed by atoms with E-state index in [-0.39, 0.29) is 12.1 Å². The molecule has 0 saturated carbocycles. The molecule has 1 heterocycles. The number of rotatable bonds is 4. The highest BCUT2D eigenvalue weighted by molar-refractivity contribution is 5.34. The Morgan fingerprint density at radius 3 is 2.53 bits per heavy atom. The molecule has 3 heteroatoms. The molecule has 0 amide bonds. The molecule has 1 aromatic heterocycles. The molecule has 0 spiro atoms. The summed E-state index contributed by atoms with van der Waals surface area (Å²) in [5.74, 6) is 0.842. The zero-order valence-electron chi connectivity index (χ0n) is 11.6. The van der Waals surface area contributed by atoms with Crippen molar-refractivity contribution in [2.75, 3.05) is 0 Å². The third-order valence-electron chi connectivity index (χ3n) is 3.23. The fraction of sp³-hybridized carbons (Fsp3) is 0.312. The van der Waals surface area contributed by atoms with Crippen molar-refractivity contribution in [3.63, 3.8) is 0 Å². The molecule has 2 aromatic rings. The lowest BCUT2D eigenvalue weighted by Gasteiger charge is -2.23. The summed E-state index contributed by atoms with van der Waals surface area (Å²) >= 11 is 0. The van der Waals surface area contributed by atoms with Crippen LogP contribution in [0.3, 0.4) is 0 Å². The molecule has 19 heavy (non-hydrogen) atoms. The van der Waals surface area contributed by atoms with Crippen LogP contribution in [0.1, 0.15) is 29.7 Å². The monoisotopic (exact) mass is 256 g/mol. The van der Waals surface area contributed by atoms with Gasteiger partial charge >= 0.3 is 0 Å². The van der Waals surface area contributed by atoms with Crippen LogP contribution in [-0.4, -0.2) is 11.0 Å². The molecule has 2 unspecified atom stereocenters. The summed E-state index contributed by atoms with van der Waals surface area (Å²) in [6.45, 7) is 6.11. The van der Waals surface area contributed by atoms with E-state index in [9.17, 15) is 0 Å². The lowest BCUT2D eigenvalue weighted by molar-refractivity contribution is 0.180. The van der Waals surface area contributed by atoms with Crippen LogP contribution in [-0.2, 0) is 0 Å². The molecule has 1 aromatic carbocycles. The van der Waals surface area contributed by atoms with Crippen molar-refractivity contribution in [1.29, 1.82) is 0 Å². The molecule has 2 atom stereocenters. The van der Waals surface area contributed by atoms with Gasteiger partial charge in [0, 0.05) is 24.0 Å². The first-order valence-electron chi connectivity index (χ1n) is 6.47. The Morgan fingerprint density at radius 1 is 1.16 bits per heavy atom. The van der Waals surface area contributed by atoms with Crippen LogP contribution in [0, 0.1) is 13.8 Å². The molecule has 2 N–H and O–H groups in total. The topological polar surface area (TPSA) is 48.1 Å². The number of hydrogen-bond donors (Lipinski definition) is 1. The molecule has 0 bridgehead atoms. The van der Waals surface area contributed by atoms with E-state index in [4.69, 9.17) is 10.5 Å². The SMILES string of the molecule is Cc1ccc(OC(c2cccnc2)C(C)N)cc1C. The minimum atomic E-state index is -0.184. The van der Waals surface area contributed by atoms with E-state index in [0.717, 1.165) is 11.3 Å². The van der Waals surface area contributed by atoms with Gasteiger partial charge in [-0.3, -0.25) is 4.98 Å². The van der Waals surface area contributed by atoms with Gasteiger partial charge in [-0.2, -0.15) is 0 Å². The van der Waals surface area contributed by atoms with Crippen LogP contribution in [0.25, 0.3) is 0 Å². The molecular formula is C16H20N2O. The maximum Gasteiger partial charge on any atom is 0.140 e. The van der Waals surface area contributed by atoms with E-state index >= 15 is 0 Å². The second-order valence-corrected chi connectivity index (χ2v) is 4.93. The molecule has 3 nitrogen and oxygen atoms in total. The highest BCUT2D eigenvalue weighted by atomic mass is 16.5. The Kier molecular flexibility index (Phi) is 4.17. The van der Waals surface area contributed by atoms with E-state index in [1.807, 2.05) is 31.2 Å². The maximum absolute atomic E-state index is 6.03. The molecule has 2 rings (SSSR count). The number of nitrogens with two attached hydrogens (primary N) is 1. The average Bonchev–Trinajstić information content (AvgIpc) is 2.40. The van der Waals surface area contributed by atoms with E-state index in [2.05, 4.69) is 24.9 Å². The highest BCUT2D eigenvalue weighted by Crippen LogP contribution is 2.25. The van der Waals surface area contributed by atoms with E-state index < -0.39 is 0 Å². The first-order valence-corrected chi connectivity index (χ1v) is 6.47. The normalized spacial score (nSPS) is 13.9. The first kappa shape index (κ1) is 13.6. The molecule has 0 aliphatic heterocycles. The Bertz CT molecular complexity index is 538. The van der Waals surface area contributed by atoms with Gasteiger partial charge in [-0.05, 0) is 50.1 Å². The second-order valence-electron chi connectivity index (χ2n) is 4.93. The second kappa shape index (κ2) is 5.85. The molecule has 100 valence electrons. The summed E-state index contributed by atoms with van der Waals surface area (Å²) in [5.41, 5.74) is 9.50. The minimum Gasteiger partial charge on any atom is -0.484 e. The van der Waals surface area contributed by atoms with Crippen LogP contribution in [0.5, 0.6) is 5.75 Å². The molecule has 0 radical (unpaired) electrons. The predicted octanol–water partition coefficient (Wildman–Crippen LogP) is 3.17. The van der Waals surface area contributed by atoms with Crippen molar-refractivity contribution < 1.29 is 4.74 Å². The largest absolute Gasteiger partial charge is 0.484 e. The highest BCUT2D eigenvalue weighted by Gasteiger charge is 2.18. The van der Waals surface area contributed by atoms with Gasteiger partial charge in [-0.25, -0.2) is 0 Å². The van der Waals surface area contributed by atoms with Gasteiger partial charge in [-0.1, -0.05) is 12.1 Å². The third-order valence-corrected chi connectivity index (χ3v) is 3.23. The van der Waals surface area contributed by atoms with Gasteiger partial charge in [-0.15, -0.1) is 0 Å². The summed E-state index contributed by atoms with van der Waals surface area (Å²) in [4.78, 5) is 4.13. The molecule has 0 aliphatic rings. The van der Waals surface area contributed by atoms with Gasteiger partial charge in [0.2, 0.25) is 0 Å². The number of benzene rings is 1. The van der Waals surface area contributed by atoms with E-state index in [1.54, 1.807) is 12.4 Å². The summed E-state index contributed by atoms with van der Waals surface area (Å²) in [6, 6.07) is 9.86. The molecule has 0 fully saturated rings. The van der Waals surface area contributed by atoms with E-state index in [0.29, 0.717) is 0 Å². The molecule has 0 saturated heterocycles. The van der Waals surface area contributed by atoms with Crippen molar-refractivity contribution >= 4 is 0 Å². The van der Waals surface area contributed by atoms with Gasteiger partial charge in [0.1, 0.15) is 11.9 Å². The Labute approximate surface area is 114 Å². The first-order chi connectivity index (χ1) is 9.08. The molecular weight excluding hydrogens is 236 g/mol. The van der Waals surface area contributed by atoms with Gasteiger partial charge < -0.3 is 10.5 Å². The number of pyridine rings is 1. The zero-order valence-corrected chi connectivity index (χ0v) is 11.6. The summed E-state index contributed by atoms with van der Waals surface area (Å²) in [7, 11) is 0. The van der Waals surface area contributed by atoms with Gasteiger partial charge in [0.15, 0.2) is 0 Å². The standard InChI is InChI=1S/C16H20N2O/c1-11-6-7-15(9-12(11)2)19-16(13(3)17)14-5-4-8-18-10-14/h4-10,13,16H,17H2,1-3H3. The third kappa shape index (κ3) is 3.32. The Morgan fingerprint density at radius 2 is 1.95 bits per heavy atom. The van der Waals surface area contributed by atoms with Crippen molar-refractivity contribution in [2.24, 2.45) is 5.73 Å². The number of ether oxygens (including phenoxy) is 1. The van der Waals surface area contributed by atoms with Crippen LogP contribution < -0.4 is 10.5 Å². The van der Waals surface area contributed by atoms with Gasteiger partial charge in [0.25, 0.3) is 0 Å². The minimum absolute atomic E-state index is 0.106. The van der Waals surface area contributed by atoms with Crippen LogP contribution in [0.4, 0.5) is 0 Å². The number of hydrogen-bond acceptors (Lipinski definition) is 3. The Hall–Kier alpha value is -1.87. The summed E-state index contributed by atoms with van der Waals surface area (Å²) in [6.07, 6.45) is 3.36. The van der Waals surface area contributed by atoms with Crippen LogP contribution >= 0.6 is 0 Å². The van der Waals surface area contributed by atoms with Crippen LogP contribution in [0.2, 0.25) is 0 Å². The number of aryl methyl sites for hydroxylation is 2. The summed E-state index contributed by atoms with van der Waals surface area (Å²) in [5, 5.41) is 0. The van der Waals surface area contributed by atoms with E-state index in [1.165, 1.54) is 11.1 Å². The number of nitrogens with zero attached hydrogens (tertiary/aromatic N) is 1. The van der Waals surface area contributed by atoms with Gasteiger partial charge in [0.05, 0.1) is 0 Å². The smallest absolute Gasteiger partial charge is 0.140 e. The fourth-order valence-electron chi connectivity index (χ4n) is 1.96. The maximum atomic E-state index is 6.03. The predicted molar refractivity (Wildman–Crippen MR) is 77.2 cm³/mol. The quantitative estimate of drug-likeness (QED) is 0.914. The van der Waals surface area contributed by atoms with Crippen LogP contribution in [0.15, 0.2) is 42.7 Å². The lowest BCUT2D eigenvalue weighted by Crippen LogP contribution is -2.29. The Balaban J connectivity index is 2.24. The van der Waals surface area contributed by atoms with Crippen molar-refractivity contribution in [1.82, 2.24) is 4.98 Å². The average molecular weight is 256 g/mol. The van der Waals surface area contributed by atoms with Crippen molar-refractivity contribution in [3.05, 3.63) is 59.4 Å². The zero-order chi connectivity index (χ0) is 13.8. The summed E-state index contributed by atoms with van der Waals surface area (Å²) < 4.78 is 6.03. The fourth-order valence-corrected chi connectivity index (χ4v) is 1.96.